The molecule has 0 bridgehead atoms. The van der Waals surface area contributed by atoms with Gasteiger partial charge in [0.05, 0.1) is 5.02 Å². The first kappa shape index (κ1) is 13.3. The highest BCUT2D eigenvalue weighted by atomic mass is 79.9. The first-order valence-corrected chi connectivity index (χ1v) is 7.79. The number of rotatable bonds is 2. The maximum absolute atomic E-state index is 12.4. The monoisotopic (exact) mass is 338 g/mol. The Hall–Kier alpha value is -0.140. The zero-order valence-corrected chi connectivity index (χ0v) is 12.1. The molecule has 1 N–H and O–H groups in total. The smallest absolute Gasteiger partial charge is 0.244 e. The Labute approximate surface area is 114 Å². The van der Waals surface area contributed by atoms with Crippen LogP contribution in [0.5, 0.6) is 0 Å². The van der Waals surface area contributed by atoms with Gasteiger partial charge in [0.15, 0.2) is 0 Å². The predicted molar refractivity (Wildman–Crippen MR) is 70.8 cm³/mol. The average molecular weight is 340 g/mol. The van der Waals surface area contributed by atoms with E-state index in [1.54, 1.807) is 18.2 Å². The molecule has 0 radical (unpaired) electrons. The van der Waals surface area contributed by atoms with E-state index in [1.165, 1.54) is 4.31 Å². The molecular formula is C10H12BrClN2O2S. The first-order valence-electron chi connectivity index (χ1n) is 5.18. The fourth-order valence-corrected chi connectivity index (χ4v) is 4.15. The molecule has 0 aliphatic carbocycles. The zero-order chi connectivity index (χ0) is 12.5. The molecule has 94 valence electrons. The molecule has 0 spiro atoms. The highest BCUT2D eigenvalue weighted by Crippen LogP contribution is 2.27. The van der Waals surface area contributed by atoms with Gasteiger partial charge in [-0.2, -0.15) is 4.31 Å². The van der Waals surface area contributed by atoms with Crippen LogP contribution in [0.25, 0.3) is 0 Å². The Balaban J connectivity index is 2.40. The maximum atomic E-state index is 12.4. The minimum Gasteiger partial charge on any atom is -0.314 e. The molecule has 1 fully saturated rings. The molecule has 0 atom stereocenters. The van der Waals surface area contributed by atoms with Crippen molar-refractivity contribution in [2.24, 2.45) is 0 Å². The highest BCUT2D eigenvalue weighted by Gasteiger charge is 2.27. The minimum absolute atomic E-state index is 0.162. The van der Waals surface area contributed by atoms with Gasteiger partial charge >= 0.3 is 0 Å². The Bertz CT molecular complexity index is 515. The molecule has 0 amide bonds. The van der Waals surface area contributed by atoms with Crippen LogP contribution in [0.2, 0.25) is 5.02 Å². The van der Waals surface area contributed by atoms with Crippen molar-refractivity contribution in [3.8, 4) is 0 Å². The minimum atomic E-state index is -3.48. The molecule has 2 rings (SSSR count). The number of nitrogens with zero attached hydrogens (tertiary/aromatic N) is 1. The van der Waals surface area contributed by atoms with Crippen LogP contribution in [0.15, 0.2) is 27.6 Å². The van der Waals surface area contributed by atoms with Gasteiger partial charge in [0, 0.05) is 30.7 Å². The molecule has 1 aliphatic heterocycles. The second kappa shape index (κ2) is 5.24. The van der Waals surface area contributed by atoms with Crippen molar-refractivity contribution >= 4 is 37.6 Å². The summed E-state index contributed by atoms with van der Waals surface area (Å²) in [6.45, 7) is 2.30. The van der Waals surface area contributed by atoms with E-state index < -0.39 is 10.0 Å². The molecule has 7 heteroatoms. The van der Waals surface area contributed by atoms with E-state index in [4.69, 9.17) is 11.6 Å². The lowest BCUT2D eigenvalue weighted by Crippen LogP contribution is -2.46. The first-order chi connectivity index (χ1) is 8.01. The Morgan fingerprint density at radius 3 is 2.59 bits per heavy atom. The van der Waals surface area contributed by atoms with E-state index in [1.807, 2.05) is 0 Å². The van der Waals surface area contributed by atoms with Gasteiger partial charge in [-0.1, -0.05) is 27.5 Å². The van der Waals surface area contributed by atoms with Crippen molar-refractivity contribution in [1.29, 1.82) is 0 Å². The standard InChI is InChI=1S/C10H12BrClN2O2S/c11-8-1-2-9(12)10(7-8)17(15,16)14-5-3-13-4-6-14/h1-2,7,13H,3-6H2. The third-order valence-electron chi connectivity index (χ3n) is 2.59. The second-order valence-electron chi connectivity index (χ2n) is 3.73. The van der Waals surface area contributed by atoms with Gasteiger partial charge in [-0.3, -0.25) is 0 Å². The maximum Gasteiger partial charge on any atom is 0.244 e. The SMILES string of the molecule is O=S(=O)(c1cc(Br)ccc1Cl)N1CCNCC1. The average Bonchev–Trinajstić information content (AvgIpc) is 2.33. The van der Waals surface area contributed by atoms with Gasteiger partial charge in [-0.05, 0) is 18.2 Å². The van der Waals surface area contributed by atoms with Crippen molar-refractivity contribution < 1.29 is 8.42 Å². The van der Waals surface area contributed by atoms with Crippen LogP contribution in [0.3, 0.4) is 0 Å². The number of hydrogen-bond acceptors (Lipinski definition) is 3. The number of sulfonamides is 1. The quantitative estimate of drug-likeness (QED) is 0.892. The lowest BCUT2D eigenvalue weighted by molar-refractivity contribution is 0.360. The van der Waals surface area contributed by atoms with Gasteiger partial charge in [-0.15, -0.1) is 0 Å². The molecule has 1 aromatic carbocycles. The Morgan fingerprint density at radius 1 is 1.29 bits per heavy atom. The van der Waals surface area contributed by atoms with Crippen molar-refractivity contribution in [1.82, 2.24) is 9.62 Å². The second-order valence-corrected chi connectivity index (χ2v) is 6.96. The Morgan fingerprint density at radius 2 is 1.94 bits per heavy atom. The summed E-state index contributed by atoms with van der Waals surface area (Å²) in [6, 6.07) is 4.85. The van der Waals surface area contributed by atoms with Gasteiger partial charge in [0.1, 0.15) is 4.90 Å². The molecule has 1 saturated heterocycles. The lowest BCUT2D eigenvalue weighted by atomic mass is 10.4. The van der Waals surface area contributed by atoms with Gasteiger partial charge in [-0.25, -0.2) is 8.42 Å². The highest BCUT2D eigenvalue weighted by molar-refractivity contribution is 9.10. The van der Waals surface area contributed by atoms with E-state index >= 15 is 0 Å². The summed E-state index contributed by atoms with van der Waals surface area (Å²) in [7, 11) is -3.48. The molecule has 17 heavy (non-hydrogen) atoms. The van der Waals surface area contributed by atoms with Crippen molar-refractivity contribution in [3.63, 3.8) is 0 Å². The molecule has 1 heterocycles. The van der Waals surface area contributed by atoms with Crippen LogP contribution in [-0.2, 0) is 10.0 Å². The summed E-state index contributed by atoms with van der Waals surface area (Å²) >= 11 is 9.22. The lowest BCUT2D eigenvalue weighted by Gasteiger charge is -2.26. The van der Waals surface area contributed by atoms with Crippen LogP contribution in [0.4, 0.5) is 0 Å². The van der Waals surface area contributed by atoms with E-state index in [9.17, 15) is 8.42 Å². The summed E-state index contributed by atoms with van der Waals surface area (Å²) in [5, 5.41) is 3.37. The normalized spacial score (nSPS) is 18.2. The third kappa shape index (κ3) is 2.82. The number of piperazine rings is 1. The predicted octanol–water partition coefficient (Wildman–Crippen LogP) is 1.70. The number of nitrogens with one attached hydrogen (secondary N) is 1. The van der Waals surface area contributed by atoms with Crippen molar-refractivity contribution in [2.75, 3.05) is 26.2 Å². The van der Waals surface area contributed by atoms with Crippen molar-refractivity contribution in [2.45, 2.75) is 4.90 Å². The van der Waals surface area contributed by atoms with Crippen molar-refractivity contribution in [3.05, 3.63) is 27.7 Å². The third-order valence-corrected chi connectivity index (χ3v) is 5.46. The van der Waals surface area contributed by atoms with Crippen LogP contribution >= 0.6 is 27.5 Å². The topological polar surface area (TPSA) is 49.4 Å². The molecule has 0 saturated carbocycles. The molecule has 4 nitrogen and oxygen atoms in total. The van der Waals surface area contributed by atoms with Crippen LogP contribution in [-0.4, -0.2) is 38.9 Å². The largest absolute Gasteiger partial charge is 0.314 e. The van der Waals surface area contributed by atoms with E-state index in [0.29, 0.717) is 30.7 Å². The molecule has 1 aliphatic rings. The number of benzene rings is 1. The number of hydrogen-bond donors (Lipinski definition) is 1. The molecule has 0 aromatic heterocycles. The fraction of sp³-hybridized carbons (Fsp3) is 0.400. The van der Waals surface area contributed by atoms with Gasteiger partial charge in [0.2, 0.25) is 10.0 Å². The zero-order valence-electron chi connectivity index (χ0n) is 8.99. The molecule has 0 unspecified atom stereocenters. The van der Waals surface area contributed by atoms with E-state index in [-0.39, 0.29) is 9.92 Å². The van der Waals surface area contributed by atoms with E-state index in [0.717, 1.165) is 0 Å². The van der Waals surface area contributed by atoms with Crippen LogP contribution < -0.4 is 5.32 Å². The summed E-state index contributed by atoms with van der Waals surface area (Å²) in [6.07, 6.45) is 0. The summed E-state index contributed by atoms with van der Waals surface area (Å²) in [4.78, 5) is 0.162. The molecule has 1 aromatic rings. The van der Waals surface area contributed by atoms with Crippen LogP contribution in [0, 0.1) is 0 Å². The summed E-state index contributed by atoms with van der Waals surface area (Å²) < 4.78 is 26.9. The fourth-order valence-electron chi connectivity index (χ4n) is 1.70. The molecular weight excluding hydrogens is 328 g/mol. The van der Waals surface area contributed by atoms with E-state index in [2.05, 4.69) is 21.2 Å². The van der Waals surface area contributed by atoms with Gasteiger partial charge < -0.3 is 5.32 Å². The Kier molecular flexibility index (Phi) is 4.10. The van der Waals surface area contributed by atoms with Gasteiger partial charge in [0.25, 0.3) is 0 Å². The summed E-state index contributed by atoms with van der Waals surface area (Å²) in [5.41, 5.74) is 0. The number of halogens is 2. The van der Waals surface area contributed by atoms with Crippen LogP contribution in [0.1, 0.15) is 0 Å². The summed E-state index contributed by atoms with van der Waals surface area (Å²) in [5.74, 6) is 0.